The molecule has 0 saturated heterocycles. The van der Waals surface area contributed by atoms with Gasteiger partial charge in [-0.05, 0) is 55.2 Å². The Morgan fingerprint density at radius 3 is 1.95 bits per heavy atom. The molecule has 0 aliphatic heterocycles. The molecule has 0 heterocycles. The molecule has 5 rings (SSSR count). The van der Waals surface area contributed by atoms with Gasteiger partial charge in [0.2, 0.25) is 0 Å². The minimum atomic E-state index is -0.588. The smallest absolute Gasteiger partial charge is 0.0616 e. The predicted octanol–water partition coefficient (Wildman–Crippen LogP) is 6.30. The van der Waals surface area contributed by atoms with E-state index in [0.717, 1.165) is 0 Å². The SMILES string of the molecule is [2H]c1cc2c([2H])c([2H])c3c([2H])c4c(c([2H])c([2H])c5c([2H])c([2H])c([2H])c([2H])c54)c([2H])c3c2cc1[2H]. The van der Waals surface area contributed by atoms with Crippen LogP contribution in [-0.2, 0) is 0 Å². The largest absolute Gasteiger partial charge is 0.0636 e. The molecule has 0 aliphatic rings. The first kappa shape index (κ1) is 5.10. The highest BCUT2D eigenvalue weighted by molar-refractivity contribution is 6.17. The normalized spacial score (nSPS) is 19.3. The fraction of sp³-hybridized carbons (Fsp3) is 0. The summed E-state index contributed by atoms with van der Waals surface area (Å²) in [7, 11) is 0. The van der Waals surface area contributed by atoms with Gasteiger partial charge in [0.15, 0.2) is 0 Å². The molecule has 0 amide bonds. The Kier molecular flexibility index (Phi) is 1.00. The molecular formula is C22H14. The molecule has 22 heavy (non-hydrogen) atoms. The molecule has 0 unspecified atom stereocenters. The van der Waals surface area contributed by atoms with Crippen LogP contribution in [0.1, 0.15) is 16.4 Å². The van der Waals surface area contributed by atoms with Crippen LogP contribution in [0.3, 0.4) is 0 Å². The van der Waals surface area contributed by atoms with E-state index in [1.54, 1.807) is 0 Å². The van der Waals surface area contributed by atoms with Crippen molar-refractivity contribution in [3.63, 3.8) is 0 Å². The molecule has 0 aromatic heterocycles. The van der Waals surface area contributed by atoms with Gasteiger partial charge in [-0.1, -0.05) is 72.6 Å². The van der Waals surface area contributed by atoms with Crippen LogP contribution in [0.15, 0.2) is 84.6 Å². The van der Waals surface area contributed by atoms with Crippen molar-refractivity contribution < 1.29 is 16.4 Å². The zero-order valence-electron chi connectivity index (χ0n) is 23.2. The first-order valence-electron chi connectivity index (χ1n) is 12.7. The standard InChI is InChI=1S/C22H14/c1-3-7-19-15(5-1)9-11-17-14-22-18(13-21(17)19)12-10-16-6-2-4-8-20(16)22/h1-14H/i1D,2D,3D,4D,5D,7D,9D,10D,11D,12D,13D,14D. The molecule has 0 heteroatoms. The van der Waals surface area contributed by atoms with E-state index in [2.05, 4.69) is 0 Å². The van der Waals surface area contributed by atoms with E-state index in [1.165, 1.54) is 12.1 Å². The molecule has 0 nitrogen and oxygen atoms in total. The summed E-state index contributed by atoms with van der Waals surface area (Å²) in [5.41, 5.74) is 0. The molecule has 0 spiro atoms. The third kappa shape index (κ3) is 1.58. The van der Waals surface area contributed by atoms with Gasteiger partial charge in [-0.3, -0.25) is 0 Å². The molecule has 5 aromatic rings. The quantitative estimate of drug-likeness (QED) is 0.232. The van der Waals surface area contributed by atoms with Gasteiger partial charge < -0.3 is 0 Å². The fourth-order valence-corrected chi connectivity index (χ4v) is 2.62. The van der Waals surface area contributed by atoms with Gasteiger partial charge in [-0.25, -0.2) is 0 Å². The highest BCUT2D eigenvalue weighted by Crippen LogP contribution is 2.32. The van der Waals surface area contributed by atoms with E-state index in [-0.39, 0.29) is 67.3 Å². The zero-order chi connectivity index (χ0) is 25.0. The Morgan fingerprint density at radius 1 is 0.455 bits per heavy atom. The molecule has 102 valence electrons. The highest BCUT2D eigenvalue weighted by Gasteiger charge is 2.05. The lowest BCUT2D eigenvalue weighted by molar-refractivity contribution is 1.78. The maximum atomic E-state index is 8.91. The lowest BCUT2D eigenvalue weighted by Crippen LogP contribution is -1.81. The van der Waals surface area contributed by atoms with Gasteiger partial charge in [-0.2, -0.15) is 0 Å². The summed E-state index contributed by atoms with van der Waals surface area (Å²) in [6.45, 7) is 0. The van der Waals surface area contributed by atoms with Crippen LogP contribution >= 0.6 is 0 Å². The number of rotatable bonds is 0. The highest BCUT2D eigenvalue weighted by atomic mass is 14.1. The first-order chi connectivity index (χ1) is 15.9. The molecule has 0 bridgehead atoms. The van der Waals surface area contributed by atoms with Crippen molar-refractivity contribution in [3.8, 4) is 0 Å². The number of benzene rings is 5. The van der Waals surface area contributed by atoms with Crippen LogP contribution in [0.4, 0.5) is 0 Å². The minimum Gasteiger partial charge on any atom is -0.0616 e. The lowest BCUT2D eigenvalue weighted by Gasteiger charge is -2.08. The van der Waals surface area contributed by atoms with Crippen molar-refractivity contribution in [1.82, 2.24) is 0 Å². The molecule has 5 aromatic carbocycles. The molecule has 0 fully saturated rings. The molecule has 0 N–H and O–H groups in total. The summed E-state index contributed by atoms with van der Waals surface area (Å²) < 4.78 is 100. The Labute approximate surface area is 145 Å². The van der Waals surface area contributed by atoms with E-state index in [9.17, 15) is 0 Å². The zero-order valence-corrected chi connectivity index (χ0v) is 11.2. The van der Waals surface area contributed by atoms with Crippen LogP contribution in [0.25, 0.3) is 43.1 Å². The van der Waals surface area contributed by atoms with Crippen LogP contribution in [0.2, 0.25) is 0 Å². The maximum Gasteiger partial charge on any atom is 0.0636 e. The maximum absolute atomic E-state index is 8.91. The summed E-state index contributed by atoms with van der Waals surface area (Å²) in [5, 5.41) is -0.536. The fourth-order valence-electron chi connectivity index (χ4n) is 2.62. The molecule has 0 radical (unpaired) electrons. The van der Waals surface area contributed by atoms with Crippen molar-refractivity contribution in [2.75, 3.05) is 0 Å². The van der Waals surface area contributed by atoms with Gasteiger partial charge in [0.1, 0.15) is 0 Å². The molecule has 0 saturated carbocycles. The third-order valence-corrected chi connectivity index (χ3v) is 3.65. The van der Waals surface area contributed by atoms with E-state index in [4.69, 9.17) is 16.4 Å². The van der Waals surface area contributed by atoms with E-state index < -0.39 is 48.3 Å². The van der Waals surface area contributed by atoms with Crippen molar-refractivity contribution >= 4 is 43.1 Å². The average molecular weight is 290 g/mol. The van der Waals surface area contributed by atoms with Gasteiger partial charge in [0, 0.05) is 0 Å². The average Bonchev–Trinajstić information content (AvgIpc) is 2.79. The van der Waals surface area contributed by atoms with Gasteiger partial charge >= 0.3 is 0 Å². The number of hydrogen-bond donors (Lipinski definition) is 0. The van der Waals surface area contributed by atoms with Crippen LogP contribution in [0.5, 0.6) is 0 Å². The Morgan fingerprint density at radius 2 is 1.09 bits per heavy atom. The molecular weight excluding hydrogens is 264 g/mol. The Bertz CT molecular complexity index is 1770. The predicted molar refractivity (Wildman–Crippen MR) is 96.5 cm³/mol. The van der Waals surface area contributed by atoms with Crippen LogP contribution in [-0.4, -0.2) is 0 Å². The Hall–Kier alpha value is -2.86. The van der Waals surface area contributed by atoms with Gasteiger partial charge in [0.25, 0.3) is 0 Å². The topological polar surface area (TPSA) is 0 Å². The molecule has 0 atom stereocenters. The lowest BCUT2D eigenvalue weighted by atomic mass is 9.95. The second-order valence-corrected chi connectivity index (χ2v) is 4.90. The summed E-state index contributed by atoms with van der Waals surface area (Å²) >= 11 is 0. The van der Waals surface area contributed by atoms with Crippen molar-refractivity contribution in [3.05, 3.63) is 84.6 Å². The number of fused-ring (bicyclic) bond motifs is 6. The summed E-state index contributed by atoms with van der Waals surface area (Å²) in [6.07, 6.45) is 0. The second-order valence-electron chi connectivity index (χ2n) is 4.90. The van der Waals surface area contributed by atoms with E-state index in [0.29, 0.717) is 0 Å². The van der Waals surface area contributed by atoms with Crippen molar-refractivity contribution in [2.24, 2.45) is 0 Å². The van der Waals surface area contributed by atoms with E-state index in [1.807, 2.05) is 0 Å². The third-order valence-electron chi connectivity index (χ3n) is 3.65. The van der Waals surface area contributed by atoms with Crippen molar-refractivity contribution in [1.29, 1.82) is 0 Å². The minimum absolute atomic E-state index is 0.0232. The summed E-state index contributed by atoms with van der Waals surface area (Å²) in [4.78, 5) is 0. The number of hydrogen-bond acceptors (Lipinski definition) is 0. The molecule has 0 aliphatic carbocycles. The van der Waals surface area contributed by atoms with Gasteiger partial charge in [0.05, 0.1) is 16.4 Å². The summed E-state index contributed by atoms with van der Waals surface area (Å²) in [6, 6.07) is -2.52. The first-order valence-corrected chi connectivity index (χ1v) is 6.65. The van der Waals surface area contributed by atoms with Gasteiger partial charge in [-0.15, -0.1) is 0 Å². The summed E-state index contributed by atoms with van der Waals surface area (Å²) in [5.74, 6) is 0. The monoisotopic (exact) mass is 290 g/mol. The van der Waals surface area contributed by atoms with Crippen LogP contribution in [0, 0.1) is 0 Å². The second kappa shape index (κ2) is 4.32. The van der Waals surface area contributed by atoms with Crippen LogP contribution < -0.4 is 0 Å². The Balaban J connectivity index is 2.24. The van der Waals surface area contributed by atoms with E-state index >= 15 is 0 Å². The van der Waals surface area contributed by atoms with Crippen molar-refractivity contribution in [2.45, 2.75) is 0 Å².